The number of hydrogen-bond acceptors (Lipinski definition) is 2. The molecule has 1 unspecified atom stereocenters. The fraction of sp³-hybridized carbons (Fsp3) is 0.300. The first-order valence-corrected chi connectivity index (χ1v) is 10.0. The topological polar surface area (TPSA) is 49.4 Å². The summed E-state index contributed by atoms with van der Waals surface area (Å²) in [6.07, 6.45) is 1.61. The highest BCUT2D eigenvalue weighted by atomic mass is 127. The third-order valence-electron chi connectivity index (χ3n) is 4.62. The van der Waals surface area contributed by atoms with E-state index in [1.54, 1.807) is 29.2 Å². The molecule has 26 heavy (non-hydrogen) atoms. The van der Waals surface area contributed by atoms with Crippen LogP contribution in [0.1, 0.15) is 28.8 Å². The number of rotatable bonds is 3. The maximum atomic E-state index is 12.7. The molecule has 2 aromatic rings. The van der Waals surface area contributed by atoms with Gasteiger partial charge in [0.1, 0.15) is 0 Å². The van der Waals surface area contributed by atoms with Crippen molar-refractivity contribution in [3.05, 3.63) is 62.2 Å². The number of anilines is 1. The Labute approximate surface area is 172 Å². The van der Waals surface area contributed by atoms with Gasteiger partial charge in [0.25, 0.3) is 5.91 Å². The van der Waals surface area contributed by atoms with Gasteiger partial charge in [0.05, 0.1) is 5.92 Å². The average molecular weight is 483 g/mol. The van der Waals surface area contributed by atoms with Crippen LogP contribution in [0.4, 0.5) is 5.69 Å². The molecule has 1 N–H and O–H groups in total. The molecule has 0 radical (unpaired) electrons. The second-order valence-corrected chi connectivity index (χ2v) is 8.23. The van der Waals surface area contributed by atoms with Gasteiger partial charge in [0, 0.05) is 32.9 Å². The molecule has 0 spiro atoms. The average Bonchev–Trinajstić information content (AvgIpc) is 2.64. The fourth-order valence-electron chi connectivity index (χ4n) is 3.15. The second kappa shape index (κ2) is 8.39. The van der Waals surface area contributed by atoms with E-state index in [0.29, 0.717) is 23.7 Å². The smallest absolute Gasteiger partial charge is 0.253 e. The van der Waals surface area contributed by atoms with Gasteiger partial charge < -0.3 is 10.2 Å². The number of piperidine rings is 1. The van der Waals surface area contributed by atoms with Gasteiger partial charge in [0.15, 0.2) is 0 Å². The summed E-state index contributed by atoms with van der Waals surface area (Å²) < 4.78 is 1.13. The highest BCUT2D eigenvalue weighted by Gasteiger charge is 2.29. The van der Waals surface area contributed by atoms with E-state index in [0.717, 1.165) is 27.7 Å². The van der Waals surface area contributed by atoms with Crippen molar-refractivity contribution in [2.45, 2.75) is 19.8 Å². The van der Waals surface area contributed by atoms with Crippen molar-refractivity contribution >= 4 is 51.7 Å². The van der Waals surface area contributed by atoms with Crippen molar-refractivity contribution < 1.29 is 9.59 Å². The zero-order valence-electron chi connectivity index (χ0n) is 14.5. The number of nitrogens with zero attached hydrogens (tertiary/aromatic N) is 1. The van der Waals surface area contributed by atoms with Gasteiger partial charge in [-0.15, -0.1) is 0 Å². The third-order valence-corrected chi connectivity index (χ3v) is 5.54. The van der Waals surface area contributed by atoms with Gasteiger partial charge in [-0.3, -0.25) is 9.59 Å². The molecule has 0 aromatic heterocycles. The maximum Gasteiger partial charge on any atom is 0.253 e. The molecule has 4 nitrogen and oxygen atoms in total. The largest absolute Gasteiger partial charge is 0.338 e. The number of benzene rings is 2. The predicted molar refractivity (Wildman–Crippen MR) is 113 cm³/mol. The number of halogens is 2. The normalized spacial score (nSPS) is 17.0. The minimum atomic E-state index is -0.196. The van der Waals surface area contributed by atoms with Crippen LogP contribution in [-0.4, -0.2) is 29.8 Å². The van der Waals surface area contributed by atoms with Gasteiger partial charge in [-0.2, -0.15) is 0 Å². The molecule has 0 aliphatic carbocycles. The second-order valence-electron chi connectivity index (χ2n) is 6.55. The van der Waals surface area contributed by atoms with Gasteiger partial charge in [0.2, 0.25) is 5.91 Å². The van der Waals surface area contributed by atoms with Crippen molar-refractivity contribution in [3.8, 4) is 0 Å². The van der Waals surface area contributed by atoms with Crippen LogP contribution in [0, 0.1) is 16.4 Å². The zero-order chi connectivity index (χ0) is 18.7. The van der Waals surface area contributed by atoms with E-state index < -0.39 is 0 Å². The monoisotopic (exact) mass is 482 g/mol. The van der Waals surface area contributed by atoms with Gasteiger partial charge in [-0.1, -0.05) is 11.6 Å². The summed E-state index contributed by atoms with van der Waals surface area (Å²) in [4.78, 5) is 27.1. The molecule has 1 fully saturated rings. The van der Waals surface area contributed by atoms with E-state index in [4.69, 9.17) is 11.6 Å². The molecule has 2 aromatic carbocycles. The molecule has 1 heterocycles. The highest BCUT2D eigenvalue weighted by Crippen LogP contribution is 2.23. The lowest BCUT2D eigenvalue weighted by atomic mass is 9.96. The molecule has 1 aliphatic rings. The molecule has 1 aliphatic heterocycles. The van der Waals surface area contributed by atoms with Crippen LogP contribution < -0.4 is 5.32 Å². The van der Waals surface area contributed by atoms with Crippen molar-refractivity contribution in [1.29, 1.82) is 0 Å². The van der Waals surface area contributed by atoms with Crippen molar-refractivity contribution in [3.63, 3.8) is 0 Å². The third kappa shape index (κ3) is 4.57. The van der Waals surface area contributed by atoms with Crippen LogP contribution in [0.15, 0.2) is 42.5 Å². The van der Waals surface area contributed by atoms with Gasteiger partial charge in [-0.05, 0) is 90.4 Å². The Morgan fingerprint density at radius 2 is 1.92 bits per heavy atom. The number of nitrogens with one attached hydrogen (secondary N) is 1. The number of likely N-dealkylation sites (tertiary alicyclic amines) is 1. The lowest BCUT2D eigenvalue weighted by molar-refractivity contribution is -0.121. The molecule has 2 amide bonds. The molecule has 0 saturated carbocycles. The standard InChI is InChI=1S/C20H20ClIN2O2/c1-13-11-17(22)8-9-18(13)23-19(25)15-3-2-10-24(12-15)20(26)14-4-6-16(21)7-5-14/h4-9,11,15H,2-3,10,12H2,1H3,(H,23,25). The van der Waals surface area contributed by atoms with Crippen molar-refractivity contribution in [2.75, 3.05) is 18.4 Å². The Morgan fingerprint density at radius 3 is 2.62 bits per heavy atom. The molecule has 136 valence electrons. The SMILES string of the molecule is Cc1cc(I)ccc1NC(=O)C1CCCN(C(=O)c2ccc(Cl)cc2)C1. The number of hydrogen-bond donors (Lipinski definition) is 1. The first-order valence-electron chi connectivity index (χ1n) is 8.56. The number of aryl methyl sites for hydroxylation is 1. The van der Waals surface area contributed by atoms with Gasteiger partial charge in [-0.25, -0.2) is 0 Å². The lowest BCUT2D eigenvalue weighted by Gasteiger charge is -2.32. The Kier molecular flexibility index (Phi) is 6.19. The van der Waals surface area contributed by atoms with Crippen LogP contribution in [0.5, 0.6) is 0 Å². The molecule has 6 heteroatoms. The predicted octanol–water partition coefficient (Wildman–Crippen LogP) is 4.74. The summed E-state index contributed by atoms with van der Waals surface area (Å²) >= 11 is 8.14. The molecular formula is C20H20ClIN2O2. The van der Waals surface area contributed by atoms with E-state index in [2.05, 4.69) is 27.9 Å². The highest BCUT2D eigenvalue weighted by molar-refractivity contribution is 14.1. The number of carbonyl (C=O) groups is 2. The molecule has 0 bridgehead atoms. The first-order chi connectivity index (χ1) is 12.4. The van der Waals surface area contributed by atoms with Crippen LogP contribution in [-0.2, 0) is 4.79 Å². The summed E-state index contributed by atoms with van der Waals surface area (Å²) in [5.41, 5.74) is 2.47. The number of amides is 2. The minimum absolute atomic E-state index is 0.0251. The van der Waals surface area contributed by atoms with E-state index in [9.17, 15) is 9.59 Å². The first kappa shape index (κ1) is 19.2. The Balaban J connectivity index is 1.66. The minimum Gasteiger partial charge on any atom is -0.338 e. The van der Waals surface area contributed by atoms with E-state index >= 15 is 0 Å². The van der Waals surface area contributed by atoms with Crippen molar-refractivity contribution in [1.82, 2.24) is 4.90 Å². The quantitative estimate of drug-likeness (QED) is 0.642. The molecule has 1 atom stereocenters. The Hall–Kier alpha value is -1.60. The van der Waals surface area contributed by atoms with Crippen molar-refractivity contribution in [2.24, 2.45) is 5.92 Å². The van der Waals surface area contributed by atoms with Crippen LogP contribution >= 0.6 is 34.2 Å². The summed E-state index contributed by atoms with van der Waals surface area (Å²) in [6.45, 7) is 3.10. The summed E-state index contributed by atoms with van der Waals surface area (Å²) in [5, 5.41) is 3.62. The van der Waals surface area contributed by atoms with E-state index in [-0.39, 0.29) is 17.7 Å². The van der Waals surface area contributed by atoms with Crippen LogP contribution in [0.3, 0.4) is 0 Å². The maximum absolute atomic E-state index is 12.7. The summed E-state index contributed by atoms with van der Waals surface area (Å²) in [7, 11) is 0. The number of carbonyl (C=O) groups excluding carboxylic acids is 2. The van der Waals surface area contributed by atoms with E-state index in [1.165, 1.54) is 0 Å². The van der Waals surface area contributed by atoms with E-state index in [1.807, 2.05) is 25.1 Å². The summed E-state index contributed by atoms with van der Waals surface area (Å²) in [6, 6.07) is 12.8. The zero-order valence-corrected chi connectivity index (χ0v) is 17.4. The molecule has 3 rings (SSSR count). The lowest BCUT2D eigenvalue weighted by Crippen LogP contribution is -2.43. The summed E-state index contributed by atoms with van der Waals surface area (Å²) in [5.74, 6) is -0.272. The molecular weight excluding hydrogens is 463 g/mol. The Morgan fingerprint density at radius 1 is 1.19 bits per heavy atom. The molecule has 1 saturated heterocycles. The van der Waals surface area contributed by atoms with Gasteiger partial charge >= 0.3 is 0 Å². The fourth-order valence-corrected chi connectivity index (χ4v) is 3.93. The Bertz CT molecular complexity index is 823. The van der Waals surface area contributed by atoms with Crippen LogP contribution in [0.2, 0.25) is 5.02 Å². The van der Waals surface area contributed by atoms with Crippen LogP contribution in [0.25, 0.3) is 0 Å².